The Morgan fingerprint density at radius 1 is 0.882 bits per heavy atom. The minimum absolute atomic E-state index is 0.663. The van der Waals surface area contributed by atoms with E-state index in [1.165, 1.54) is 25.9 Å². The highest BCUT2D eigenvalue weighted by molar-refractivity contribution is 9.10. The minimum Gasteiger partial charge on any atom is -0.493 e. The van der Waals surface area contributed by atoms with E-state index < -0.39 is 0 Å². The lowest BCUT2D eigenvalue weighted by Crippen LogP contribution is -2.47. The molecule has 5 rings (SSSR count). The molecular formula is C24H30BrN7O2. The highest BCUT2D eigenvalue weighted by atomic mass is 79.9. The van der Waals surface area contributed by atoms with Gasteiger partial charge in [-0.3, -0.25) is 0 Å². The van der Waals surface area contributed by atoms with Crippen molar-refractivity contribution in [3.8, 4) is 11.5 Å². The van der Waals surface area contributed by atoms with Gasteiger partial charge in [-0.15, -0.1) is 0 Å². The minimum atomic E-state index is 0.663. The number of fused-ring (bicyclic) bond motifs is 1. The summed E-state index contributed by atoms with van der Waals surface area (Å²) in [5, 5.41) is 0.970. The number of aromatic nitrogens is 4. The number of hydrogen-bond acceptors (Lipinski definition) is 9. The summed E-state index contributed by atoms with van der Waals surface area (Å²) in [6.45, 7) is 7.46. The van der Waals surface area contributed by atoms with E-state index in [0.29, 0.717) is 12.4 Å². The van der Waals surface area contributed by atoms with Crippen molar-refractivity contribution < 1.29 is 9.47 Å². The molecule has 0 unspecified atom stereocenters. The van der Waals surface area contributed by atoms with Crippen molar-refractivity contribution in [1.29, 1.82) is 0 Å². The van der Waals surface area contributed by atoms with Crippen molar-refractivity contribution in [1.82, 2.24) is 24.8 Å². The number of anilines is 2. The molecule has 1 aromatic carbocycles. The monoisotopic (exact) mass is 527 g/mol. The summed E-state index contributed by atoms with van der Waals surface area (Å²) in [4.78, 5) is 25.0. The molecule has 2 aromatic heterocycles. The van der Waals surface area contributed by atoms with E-state index in [4.69, 9.17) is 9.47 Å². The number of piperazine rings is 1. The molecule has 2 saturated heterocycles. The summed E-state index contributed by atoms with van der Waals surface area (Å²) in [5.74, 6) is 3.12. The van der Waals surface area contributed by atoms with E-state index in [1.807, 2.05) is 12.1 Å². The highest BCUT2D eigenvalue weighted by Crippen LogP contribution is 2.35. The van der Waals surface area contributed by atoms with Gasteiger partial charge in [0.1, 0.15) is 12.1 Å². The van der Waals surface area contributed by atoms with Gasteiger partial charge in [0.15, 0.2) is 11.5 Å². The van der Waals surface area contributed by atoms with Crippen LogP contribution in [-0.4, -0.2) is 84.4 Å². The van der Waals surface area contributed by atoms with Crippen LogP contribution in [0.15, 0.2) is 35.3 Å². The zero-order chi connectivity index (χ0) is 23.3. The van der Waals surface area contributed by atoms with Crippen molar-refractivity contribution >= 4 is 38.6 Å². The molecule has 0 saturated carbocycles. The Bertz CT molecular complexity index is 1100. The van der Waals surface area contributed by atoms with E-state index >= 15 is 0 Å². The molecule has 0 radical (unpaired) electrons. The van der Waals surface area contributed by atoms with Crippen LogP contribution in [0.2, 0.25) is 0 Å². The van der Waals surface area contributed by atoms with Gasteiger partial charge in [-0.1, -0.05) is 0 Å². The normalized spacial score (nSPS) is 16.9. The number of hydrogen-bond donors (Lipinski definition) is 0. The van der Waals surface area contributed by atoms with E-state index in [1.54, 1.807) is 25.8 Å². The van der Waals surface area contributed by atoms with Crippen LogP contribution in [0, 0.1) is 0 Å². The van der Waals surface area contributed by atoms with Gasteiger partial charge < -0.3 is 24.2 Å². The van der Waals surface area contributed by atoms with Crippen LogP contribution in [0.1, 0.15) is 19.3 Å². The molecule has 4 heterocycles. The number of nitrogens with zero attached hydrogens (tertiary/aromatic N) is 7. The smallest absolute Gasteiger partial charge is 0.225 e. The number of likely N-dealkylation sites (tertiary alicyclic amines) is 1. The average molecular weight is 528 g/mol. The highest BCUT2D eigenvalue weighted by Gasteiger charge is 2.22. The van der Waals surface area contributed by atoms with Crippen molar-refractivity contribution in [2.45, 2.75) is 19.3 Å². The zero-order valence-electron chi connectivity index (χ0n) is 19.5. The van der Waals surface area contributed by atoms with Crippen LogP contribution >= 0.6 is 15.9 Å². The molecule has 0 amide bonds. The third-order valence-corrected chi connectivity index (χ3v) is 6.85. The molecule has 0 spiro atoms. The van der Waals surface area contributed by atoms with E-state index in [-0.39, 0.29) is 0 Å². The summed E-state index contributed by atoms with van der Waals surface area (Å²) in [5.41, 5.74) is 0.860. The molecule has 10 heteroatoms. The van der Waals surface area contributed by atoms with Gasteiger partial charge in [0.05, 0.1) is 23.7 Å². The fraction of sp³-hybridized carbons (Fsp3) is 0.500. The van der Waals surface area contributed by atoms with E-state index in [2.05, 4.69) is 50.6 Å². The maximum absolute atomic E-state index is 6.10. The lowest BCUT2D eigenvalue weighted by atomic mass is 10.2. The molecule has 2 aliphatic heterocycles. The Kier molecular flexibility index (Phi) is 7.24. The lowest BCUT2D eigenvalue weighted by molar-refractivity contribution is 0.254. The quantitative estimate of drug-likeness (QED) is 0.409. The van der Waals surface area contributed by atoms with Crippen LogP contribution < -0.4 is 19.3 Å². The Labute approximate surface area is 208 Å². The Hall–Kier alpha value is -2.72. The molecule has 0 N–H and O–H groups in total. The molecule has 0 aliphatic carbocycles. The summed E-state index contributed by atoms with van der Waals surface area (Å²) in [6, 6.07) is 3.98. The Morgan fingerprint density at radius 2 is 1.62 bits per heavy atom. The van der Waals surface area contributed by atoms with Crippen molar-refractivity contribution in [3.05, 3.63) is 35.3 Å². The van der Waals surface area contributed by atoms with Crippen molar-refractivity contribution in [2.24, 2.45) is 0 Å². The molecule has 34 heavy (non-hydrogen) atoms. The Balaban J connectivity index is 1.27. The van der Waals surface area contributed by atoms with Gasteiger partial charge >= 0.3 is 0 Å². The van der Waals surface area contributed by atoms with Gasteiger partial charge in [0.2, 0.25) is 5.95 Å². The predicted octanol–water partition coefficient (Wildman–Crippen LogP) is 3.38. The van der Waals surface area contributed by atoms with Crippen molar-refractivity contribution in [3.63, 3.8) is 0 Å². The Morgan fingerprint density at radius 3 is 2.35 bits per heavy atom. The molecular weight excluding hydrogens is 498 g/mol. The second kappa shape index (κ2) is 10.7. The SMILES string of the molecule is COc1cc2c(N3CCN(c4ncc(Br)cn4)CC3)ncnc2cc1OCCCN1CCCC1. The number of rotatable bonds is 8. The third kappa shape index (κ3) is 5.17. The lowest BCUT2D eigenvalue weighted by Gasteiger charge is -2.35. The number of methoxy groups -OCH3 is 1. The summed E-state index contributed by atoms with van der Waals surface area (Å²) in [7, 11) is 1.68. The molecule has 9 nitrogen and oxygen atoms in total. The van der Waals surface area contributed by atoms with Crippen LogP contribution in [0.3, 0.4) is 0 Å². The molecule has 3 aromatic rings. The fourth-order valence-corrected chi connectivity index (χ4v) is 4.84. The standard InChI is InChI=1S/C24H30BrN7O2/c1-33-21-13-19-20(14-22(21)34-12-4-7-30-5-2-3-6-30)28-17-29-23(19)31-8-10-32(11-9-31)24-26-15-18(25)16-27-24/h13-17H,2-12H2,1H3. The fourth-order valence-electron chi connectivity index (χ4n) is 4.64. The largest absolute Gasteiger partial charge is 0.493 e. The summed E-state index contributed by atoms with van der Waals surface area (Å²) < 4.78 is 12.7. The second-order valence-corrected chi connectivity index (χ2v) is 9.56. The molecule has 2 aliphatic rings. The van der Waals surface area contributed by atoms with Crippen LogP contribution in [0.25, 0.3) is 10.9 Å². The number of benzene rings is 1. The molecule has 0 bridgehead atoms. The molecule has 0 atom stereocenters. The number of ether oxygens (including phenoxy) is 2. The summed E-state index contributed by atoms with van der Waals surface area (Å²) in [6.07, 6.45) is 8.83. The van der Waals surface area contributed by atoms with Crippen LogP contribution in [0.5, 0.6) is 11.5 Å². The maximum atomic E-state index is 6.10. The van der Waals surface area contributed by atoms with Crippen LogP contribution in [-0.2, 0) is 0 Å². The topological polar surface area (TPSA) is 79.7 Å². The first-order valence-corrected chi connectivity index (χ1v) is 12.7. The van der Waals surface area contributed by atoms with Gasteiger partial charge in [-0.05, 0) is 54.3 Å². The first kappa shape index (κ1) is 23.0. The first-order valence-electron chi connectivity index (χ1n) is 11.9. The van der Waals surface area contributed by atoms with Crippen molar-refractivity contribution in [2.75, 3.05) is 69.3 Å². The first-order chi connectivity index (χ1) is 16.7. The van der Waals surface area contributed by atoms with Gasteiger partial charge in [-0.25, -0.2) is 19.9 Å². The summed E-state index contributed by atoms with van der Waals surface area (Å²) >= 11 is 3.39. The molecule has 180 valence electrons. The maximum Gasteiger partial charge on any atom is 0.225 e. The van der Waals surface area contributed by atoms with Gasteiger partial charge in [-0.2, -0.15) is 0 Å². The van der Waals surface area contributed by atoms with E-state index in [9.17, 15) is 0 Å². The third-order valence-electron chi connectivity index (χ3n) is 6.44. The zero-order valence-corrected chi connectivity index (χ0v) is 21.1. The number of halogens is 1. The second-order valence-electron chi connectivity index (χ2n) is 8.64. The van der Waals surface area contributed by atoms with Crippen LogP contribution in [0.4, 0.5) is 11.8 Å². The van der Waals surface area contributed by atoms with E-state index in [0.717, 1.165) is 72.0 Å². The predicted molar refractivity (Wildman–Crippen MR) is 136 cm³/mol. The van der Waals surface area contributed by atoms with Gasteiger partial charge in [0.25, 0.3) is 0 Å². The molecule has 2 fully saturated rings. The average Bonchev–Trinajstić information content (AvgIpc) is 3.40. The van der Waals surface area contributed by atoms with Gasteiger partial charge in [0, 0.05) is 56.6 Å².